The number of hydrogen-bond donors (Lipinski definition) is 0. The molecular weight excluding hydrogens is 450 g/mol. The Balaban J connectivity index is 2.06. The summed E-state index contributed by atoms with van der Waals surface area (Å²) in [6, 6.07) is 8.93. The van der Waals surface area contributed by atoms with E-state index in [-0.39, 0.29) is 17.5 Å². The van der Waals surface area contributed by atoms with E-state index < -0.39 is 9.84 Å². The highest BCUT2D eigenvalue weighted by atomic mass is 35.5. The molecule has 2 aromatic heterocycles. The van der Waals surface area contributed by atoms with Gasteiger partial charge >= 0.3 is 6.01 Å². The predicted octanol–water partition coefficient (Wildman–Crippen LogP) is 5.32. The summed E-state index contributed by atoms with van der Waals surface area (Å²) in [5.41, 5.74) is 3.17. The first-order valence-corrected chi connectivity index (χ1v) is 12.4. The molecule has 3 aromatic rings. The highest BCUT2D eigenvalue weighted by Crippen LogP contribution is 2.32. The largest absolute Gasteiger partial charge is 0.481 e. The van der Waals surface area contributed by atoms with Crippen LogP contribution in [0.15, 0.2) is 36.5 Å². The first-order valence-electron chi connectivity index (χ1n) is 10.2. The standard InChI is InChI=1S/C23H26ClN3O4S/c1-5-6-10-32(28,29)14-18-12-20(17-11-16(3)22(30-4)25-13-17)27-23(26-18)31-21-15(2)8-7-9-19(21)24/h7-9,11-13H,5-6,10,14H2,1-4H3. The first kappa shape index (κ1) is 23.9. The van der Waals surface area contributed by atoms with Crippen LogP contribution in [0.25, 0.3) is 11.3 Å². The molecule has 0 saturated carbocycles. The summed E-state index contributed by atoms with van der Waals surface area (Å²) in [4.78, 5) is 13.2. The normalized spacial score (nSPS) is 11.4. The number of methoxy groups -OCH3 is 1. The van der Waals surface area contributed by atoms with Crippen molar-refractivity contribution in [2.75, 3.05) is 12.9 Å². The molecule has 0 atom stereocenters. The van der Waals surface area contributed by atoms with Crippen molar-refractivity contribution in [2.24, 2.45) is 0 Å². The summed E-state index contributed by atoms with van der Waals surface area (Å²) in [6.07, 6.45) is 3.02. The summed E-state index contributed by atoms with van der Waals surface area (Å²) in [5.74, 6) is 0.831. The molecule has 0 spiro atoms. The molecule has 0 aliphatic rings. The molecule has 0 N–H and O–H groups in total. The fourth-order valence-corrected chi connectivity index (χ4v) is 4.89. The molecule has 0 bridgehead atoms. The quantitative estimate of drug-likeness (QED) is 0.413. The first-order chi connectivity index (χ1) is 15.2. The van der Waals surface area contributed by atoms with Gasteiger partial charge in [-0.05, 0) is 44.0 Å². The zero-order chi connectivity index (χ0) is 23.3. The van der Waals surface area contributed by atoms with Crippen LogP contribution in [0.3, 0.4) is 0 Å². The van der Waals surface area contributed by atoms with Gasteiger partial charge in [-0.2, -0.15) is 9.97 Å². The average Bonchev–Trinajstić information content (AvgIpc) is 2.74. The van der Waals surface area contributed by atoms with Gasteiger partial charge < -0.3 is 9.47 Å². The third kappa shape index (κ3) is 5.95. The summed E-state index contributed by atoms with van der Waals surface area (Å²) in [6.45, 7) is 5.68. The van der Waals surface area contributed by atoms with E-state index in [0.29, 0.717) is 40.0 Å². The fraction of sp³-hybridized carbons (Fsp3) is 0.348. The Bertz CT molecular complexity index is 1200. The zero-order valence-corrected chi connectivity index (χ0v) is 20.1. The van der Waals surface area contributed by atoms with Gasteiger partial charge in [-0.25, -0.2) is 13.4 Å². The van der Waals surface area contributed by atoms with Gasteiger partial charge in [-0.15, -0.1) is 0 Å². The van der Waals surface area contributed by atoms with Gasteiger partial charge in [0.15, 0.2) is 15.6 Å². The second kappa shape index (κ2) is 10.3. The number of hydrogen-bond acceptors (Lipinski definition) is 7. The van der Waals surface area contributed by atoms with E-state index in [0.717, 1.165) is 17.5 Å². The molecule has 0 unspecified atom stereocenters. The zero-order valence-electron chi connectivity index (χ0n) is 18.6. The van der Waals surface area contributed by atoms with Crippen LogP contribution in [-0.4, -0.2) is 36.2 Å². The van der Waals surface area contributed by atoms with Crippen molar-refractivity contribution >= 4 is 21.4 Å². The van der Waals surface area contributed by atoms with Crippen LogP contribution in [-0.2, 0) is 15.6 Å². The summed E-state index contributed by atoms with van der Waals surface area (Å²) in [7, 11) is -1.78. The van der Waals surface area contributed by atoms with E-state index in [1.807, 2.05) is 39.0 Å². The molecular formula is C23H26ClN3O4S. The number of pyridine rings is 1. The molecule has 170 valence electrons. The van der Waals surface area contributed by atoms with Gasteiger partial charge in [0, 0.05) is 17.3 Å². The Morgan fingerprint density at radius 3 is 2.53 bits per heavy atom. The molecule has 0 amide bonds. The lowest BCUT2D eigenvalue weighted by Crippen LogP contribution is -2.11. The van der Waals surface area contributed by atoms with Gasteiger partial charge in [0.2, 0.25) is 5.88 Å². The number of para-hydroxylation sites is 1. The maximum Gasteiger partial charge on any atom is 0.322 e. The number of nitrogens with zero attached hydrogens (tertiary/aromatic N) is 3. The maximum absolute atomic E-state index is 12.6. The molecule has 0 aliphatic heterocycles. The minimum atomic E-state index is -3.33. The second-order valence-electron chi connectivity index (χ2n) is 7.51. The molecule has 1 aromatic carbocycles. The van der Waals surface area contributed by atoms with E-state index in [4.69, 9.17) is 21.1 Å². The lowest BCUT2D eigenvalue weighted by molar-refractivity contribution is 0.394. The molecule has 0 saturated heterocycles. The highest BCUT2D eigenvalue weighted by molar-refractivity contribution is 7.90. The van der Waals surface area contributed by atoms with Crippen LogP contribution >= 0.6 is 11.6 Å². The lowest BCUT2D eigenvalue weighted by Gasteiger charge is -2.12. The SMILES string of the molecule is CCCCS(=O)(=O)Cc1cc(-c2cnc(OC)c(C)c2)nc(Oc2c(C)cccc2Cl)n1. The van der Waals surface area contributed by atoms with E-state index in [1.54, 1.807) is 25.4 Å². The van der Waals surface area contributed by atoms with Crippen LogP contribution in [0.5, 0.6) is 17.6 Å². The average molecular weight is 476 g/mol. The van der Waals surface area contributed by atoms with E-state index in [9.17, 15) is 8.42 Å². The summed E-state index contributed by atoms with van der Waals surface area (Å²) < 4.78 is 36.3. The van der Waals surface area contributed by atoms with Crippen LogP contribution in [0.4, 0.5) is 0 Å². The maximum atomic E-state index is 12.6. The highest BCUT2D eigenvalue weighted by Gasteiger charge is 2.18. The molecule has 0 aliphatic carbocycles. The topological polar surface area (TPSA) is 91.3 Å². The van der Waals surface area contributed by atoms with Crippen molar-refractivity contribution in [2.45, 2.75) is 39.4 Å². The number of aromatic nitrogens is 3. The van der Waals surface area contributed by atoms with Gasteiger partial charge in [0.25, 0.3) is 0 Å². The number of rotatable bonds is 9. The molecule has 9 heteroatoms. The van der Waals surface area contributed by atoms with Crippen LogP contribution in [0.2, 0.25) is 5.02 Å². The molecule has 7 nitrogen and oxygen atoms in total. The number of aryl methyl sites for hydroxylation is 2. The Morgan fingerprint density at radius 1 is 1.09 bits per heavy atom. The molecule has 0 radical (unpaired) electrons. The van der Waals surface area contributed by atoms with E-state index in [1.165, 1.54) is 0 Å². The van der Waals surface area contributed by atoms with Crippen molar-refractivity contribution in [1.82, 2.24) is 15.0 Å². The third-order valence-electron chi connectivity index (χ3n) is 4.81. The monoisotopic (exact) mass is 475 g/mol. The minimum Gasteiger partial charge on any atom is -0.481 e. The number of unbranched alkanes of at least 4 members (excludes halogenated alkanes) is 1. The molecule has 32 heavy (non-hydrogen) atoms. The van der Waals surface area contributed by atoms with Crippen molar-refractivity contribution in [3.63, 3.8) is 0 Å². The number of halogens is 1. The van der Waals surface area contributed by atoms with E-state index >= 15 is 0 Å². The smallest absolute Gasteiger partial charge is 0.322 e. The summed E-state index contributed by atoms with van der Waals surface area (Å²) >= 11 is 6.29. The van der Waals surface area contributed by atoms with Crippen LogP contribution in [0, 0.1) is 13.8 Å². The van der Waals surface area contributed by atoms with Gasteiger partial charge in [-0.1, -0.05) is 37.1 Å². The number of benzene rings is 1. The third-order valence-corrected chi connectivity index (χ3v) is 6.76. The van der Waals surface area contributed by atoms with Crippen LogP contribution in [0.1, 0.15) is 36.6 Å². The number of sulfone groups is 1. The minimum absolute atomic E-state index is 0.0212. The molecule has 3 rings (SSSR count). The van der Waals surface area contributed by atoms with Gasteiger partial charge in [-0.3, -0.25) is 0 Å². The Hall–Kier alpha value is -2.71. The second-order valence-corrected chi connectivity index (χ2v) is 10.1. The van der Waals surface area contributed by atoms with Crippen molar-refractivity contribution in [3.8, 4) is 28.9 Å². The predicted molar refractivity (Wildman–Crippen MR) is 125 cm³/mol. The Morgan fingerprint density at radius 2 is 1.88 bits per heavy atom. The van der Waals surface area contributed by atoms with E-state index in [2.05, 4.69) is 15.0 Å². The Labute approximate surface area is 193 Å². The Kier molecular flexibility index (Phi) is 7.69. The van der Waals surface area contributed by atoms with Crippen molar-refractivity contribution in [3.05, 3.63) is 58.4 Å². The summed E-state index contributed by atoms with van der Waals surface area (Å²) in [5, 5.41) is 0.415. The number of ether oxygens (including phenoxy) is 2. The van der Waals surface area contributed by atoms with Gasteiger partial charge in [0.05, 0.1) is 35.0 Å². The van der Waals surface area contributed by atoms with Gasteiger partial charge in [0.1, 0.15) is 0 Å². The van der Waals surface area contributed by atoms with Crippen molar-refractivity contribution < 1.29 is 17.9 Å². The molecule has 2 heterocycles. The van der Waals surface area contributed by atoms with Crippen LogP contribution < -0.4 is 9.47 Å². The lowest BCUT2D eigenvalue weighted by atomic mass is 10.1. The molecule has 0 fully saturated rings. The van der Waals surface area contributed by atoms with Crippen molar-refractivity contribution in [1.29, 1.82) is 0 Å². The fourth-order valence-electron chi connectivity index (χ4n) is 3.16.